The number of likely N-dealkylation sites (tertiary alicyclic amines) is 1. The molecule has 0 amide bonds. The van der Waals surface area contributed by atoms with Crippen molar-refractivity contribution in [2.24, 2.45) is 0 Å². The van der Waals surface area contributed by atoms with Crippen molar-refractivity contribution in [2.45, 2.75) is 19.8 Å². The standard InChI is InChI=1S/C27H25FN4OS/c1-5-11-29-19(4)32-17(2)15-20-22(32)8-9-23(26(20)28)33-24-10-12-30-21-16-25(34-27(21)24)18(3)31-13-6-7-14-31/h1,8-10,12,15-16,29H,3-4,6-7,11,13-14H2,2H3. The highest BCUT2D eigenvalue weighted by Crippen LogP contribution is 2.40. The summed E-state index contributed by atoms with van der Waals surface area (Å²) in [5.41, 5.74) is 3.36. The van der Waals surface area contributed by atoms with E-state index in [1.54, 1.807) is 35.7 Å². The van der Waals surface area contributed by atoms with E-state index in [1.165, 1.54) is 12.8 Å². The van der Waals surface area contributed by atoms with E-state index in [9.17, 15) is 0 Å². The van der Waals surface area contributed by atoms with E-state index in [-0.39, 0.29) is 5.75 Å². The van der Waals surface area contributed by atoms with Gasteiger partial charge in [-0.3, -0.25) is 4.98 Å². The summed E-state index contributed by atoms with van der Waals surface area (Å²) in [6.07, 6.45) is 9.40. The third kappa shape index (κ3) is 3.80. The maximum Gasteiger partial charge on any atom is 0.175 e. The van der Waals surface area contributed by atoms with Gasteiger partial charge in [0.25, 0.3) is 0 Å². The van der Waals surface area contributed by atoms with Gasteiger partial charge in [-0.2, -0.15) is 0 Å². The first-order chi connectivity index (χ1) is 16.5. The molecule has 0 bridgehead atoms. The SMILES string of the molecule is C#CCNC(=C)n1c(C)cc2c(F)c(Oc3ccnc4cc(C(=C)N5CCCC5)sc34)ccc21. The average molecular weight is 473 g/mol. The molecule has 1 aliphatic rings. The summed E-state index contributed by atoms with van der Waals surface area (Å²) in [5.74, 6) is 3.43. The summed E-state index contributed by atoms with van der Waals surface area (Å²) >= 11 is 1.57. The molecule has 5 nitrogen and oxygen atoms in total. The van der Waals surface area contributed by atoms with Crippen molar-refractivity contribution < 1.29 is 9.13 Å². The number of ether oxygens (including phenoxy) is 1. The Bertz CT molecular complexity index is 1470. The van der Waals surface area contributed by atoms with Gasteiger partial charge in [-0.05, 0) is 44.0 Å². The summed E-state index contributed by atoms with van der Waals surface area (Å²) in [7, 11) is 0. The van der Waals surface area contributed by atoms with Crippen molar-refractivity contribution in [3.05, 3.63) is 66.1 Å². The fraction of sp³-hybridized carbons (Fsp3) is 0.222. The van der Waals surface area contributed by atoms with Crippen LogP contribution in [-0.4, -0.2) is 34.1 Å². The number of terminal acetylenes is 1. The zero-order valence-electron chi connectivity index (χ0n) is 19.0. The molecule has 0 saturated carbocycles. The Labute approximate surface area is 202 Å². The second kappa shape index (κ2) is 8.88. The van der Waals surface area contributed by atoms with Gasteiger partial charge < -0.3 is 19.5 Å². The smallest absolute Gasteiger partial charge is 0.175 e. The maximum atomic E-state index is 15.5. The van der Waals surface area contributed by atoms with Crippen LogP contribution in [0.1, 0.15) is 23.4 Å². The van der Waals surface area contributed by atoms with E-state index in [2.05, 4.69) is 34.3 Å². The van der Waals surface area contributed by atoms with Crippen molar-refractivity contribution in [2.75, 3.05) is 19.6 Å². The zero-order chi connectivity index (χ0) is 23.8. The molecule has 34 heavy (non-hydrogen) atoms. The van der Waals surface area contributed by atoms with Crippen LogP contribution in [0.5, 0.6) is 11.5 Å². The number of nitrogens with one attached hydrogen (secondary N) is 1. The predicted octanol–water partition coefficient (Wildman–Crippen LogP) is 6.21. The lowest BCUT2D eigenvalue weighted by molar-refractivity contribution is 0.450. The van der Waals surface area contributed by atoms with E-state index >= 15 is 4.39 Å². The van der Waals surface area contributed by atoms with Crippen molar-refractivity contribution in [3.8, 4) is 23.8 Å². The monoisotopic (exact) mass is 472 g/mol. The number of benzene rings is 1. The highest BCUT2D eigenvalue weighted by Gasteiger charge is 2.20. The van der Waals surface area contributed by atoms with Gasteiger partial charge in [-0.1, -0.05) is 19.1 Å². The molecule has 1 fully saturated rings. The molecule has 4 heterocycles. The minimum atomic E-state index is -0.424. The molecule has 7 heteroatoms. The minimum Gasteiger partial charge on any atom is -0.453 e. The van der Waals surface area contributed by atoms with Crippen LogP contribution in [0.25, 0.3) is 32.6 Å². The molecule has 172 valence electrons. The van der Waals surface area contributed by atoms with Gasteiger partial charge in [0, 0.05) is 42.1 Å². The van der Waals surface area contributed by atoms with E-state index in [0.29, 0.717) is 29.0 Å². The first kappa shape index (κ1) is 22.1. The van der Waals surface area contributed by atoms with Crippen LogP contribution in [0.3, 0.4) is 0 Å². The third-order valence-electron chi connectivity index (χ3n) is 6.10. The number of aromatic nitrogens is 2. The lowest BCUT2D eigenvalue weighted by Gasteiger charge is -2.18. The Hall–Kier alpha value is -3.76. The van der Waals surface area contributed by atoms with Gasteiger partial charge >= 0.3 is 0 Å². The van der Waals surface area contributed by atoms with E-state index < -0.39 is 5.82 Å². The molecular formula is C27H25FN4OS. The van der Waals surface area contributed by atoms with Crippen LogP contribution in [0, 0.1) is 25.1 Å². The minimum absolute atomic E-state index is 0.160. The zero-order valence-corrected chi connectivity index (χ0v) is 19.8. The average Bonchev–Trinajstić information content (AvgIpc) is 3.57. The van der Waals surface area contributed by atoms with Crippen LogP contribution in [-0.2, 0) is 0 Å². The van der Waals surface area contributed by atoms with Crippen LogP contribution >= 0.6 is 11.3 Å². The normalized spacial score (nSPS) is 13.4. The van der Waals surface area contributed by atoms with Crippen LogP contribution in [0.15, 0.2) is 49.7 Å². The second-order valence-electron chi connectivity index (χ2n) is 8.31. The Kier molecular flexibility index (Phi) is 5.76. The first-order valence-corrected chi connectivity index (χ1v) is 12.0. The Morgan fingerprint density at radius 3 is 2.79 bits per heavy atom. The highest BCUT2D eigenvalue weighted by molar-refractivity contribution is 7.20. The molecular weight excluding hydrogens is 447 g/mol. The van der Waals surface area contributed by atoms with Gasteiger partial charge in [0.05, 0.1) is 27.2 Å². The van der Waals surface area contributed by atoms with Gasteiger partial charge in [0.15, 0.2) is 11.6 Å². The number of hydrogen-bond donors (Lipinski definition) is 1. The van der Waals surface area contributed by atoms with Crippen molar-refractivity contribution in [1.82, 2.24) is 19.8 Å². The van der Waals surface area contributed by atoms with E-state index in [0.717, 1.165) is 39.6 Å². The number of fused-ring (bicyclic) bond motifs is 2. The number of pyridine rings is 1. The quantitative estimate of drug-likeness (QED) is 0.325. The lowest BCUT2D eigenvalue weighted by atomic mass is 10.2. The molecule has 1 N–H and O–H groups in total. The number of halogens is 1. The van der Waals surface area contributed by atoms with Crippen molar-refractivity contribution in [3.63, 3.8) is 0 Å². The molecule has 1 aromatic carbocycles. The Morgan fingerprint density at radius 1 is 1.24 bits per heavy atom. The highest BCUT2D eigenvalue weighted by atomic mass is 32.1. The Morgan fingerprint density at radius 2 is 2.03 bits per heavy atom. The van der Waals surface area contributed by atoms with E-state index in [4.69, 9.17) is 11.2 Å². The van der Waals surface area contributed by atoms with Crippen molar-refractivity contribution in [1.29, 1.82) is 0 Å². The molecule has 1 saturated heterocycles. The Balaban J connectivity index is 1.49. The number of nitrogens with zero attached hydrogens (tertiary/aromatic N) is 3. The van der Waals surface area contributed by atoms with Gasteiger partial charge in [-0.15, -0.1) is 17.8 Å². The summed E-state index contributed by atoms with van der Waals surface area (Å²) in [5, 5.41) is 3.51. The number of thiophene rings is 1. The topological polar surface area (TPSA) is 42.3 Å². The molecule has 5 rings (SSSR count). The molecule has 0 radical (unpaired) electrons. The number of aryl methyl sites for hydroxylation is 1. The van der Waals surface area contributed by atoms with Gasteiger partial charge in [-0.25, -0.2) is 4.39 Å². The van der Waals surface area contributed by atoms with Crippen LogP contribution in [0.4, 0.5) is 4.39 Å². The lowest BCUT2D eigenvalue weighted by Crippen LogP contribution is -2.17. The van der Waals surface area contributed by atoms with Crippen molar-refractivity contribution >= 4 is 44.0 Å². The summed E-state index contributed by atoms with van der Waals surface area (Å²) in [6.45, 7) is 12.6. The first-order valence-electron chi connectivity index (χ1n) is 11.2. The van der Waals surface area contributed by atoms with E-state index in [1.807, 2.05) is 23.6 Å². The van der Waals surface area contributed by atoms with Gasteiger partial charge in [0.2, 0.25) is 0 Å². The largest absolute Gasteiger partial charge is 0.453 e. The van der Waals surface area contributed by atoms with Crippen LogP contribution < -0.4 is 10.1 Å². The number of hydrogen-bond acceptors (Lipinski definition) is 5. The summed E-state index contributed by atoms with van der Waals surface area (Å²) in [6, 6.07) is 9.06. The fourth-order valence-electron chi connectivity index (χ4n) is 4.43. The molecule has 1 aliphatic heterocycles. The maximum absolute atomic E-state index is 15.5. The summed E-state index contributed by atoms with van der Waals surface area (Å²) in [4.78, 5) is 7.85. The summed E-state index contributed by atoms with van der Waals surface area (Å²) < 4.78 is 24.4. The second-order valence-corrected chi connectivity index (χ2v) is 9.37. The molecule has 0 atom stereocenters. The fourth-order valence-corrected chi connectivity index (χ4v) is 5.49. The number of rotatable bonds is 7. The molecule has 4 aromatic rings. The molecule has 0 spiro atoms. The van der Waals surface area contributed by atoms with Gasteiger partial charge in [0.1, 0.15) is 11.6 Å². The third-order valence-corrected chi connectivity index (χ3v) is 7.29. The molecule has 3 aromatic heterocycles. The molecule has 0 unspecified atom stereocenters. The van der Waals surface area contributed by atoms with Crippen LogP contribution in [0.2, 0.25) is 0 Å². The molecule has 0 aliphatic carbocycles. The predicted molar refractivity (Wildman–Crippen MR) is 138 cm³/mol.